The lowest BCUT2D eigenvalue weighted by Gasteiger charge is -2.29. The number of nitrogens with zero attached hydrogens (tertiary/aromatic N) is 1. The number of hydrogen-bond acceptors (Lipinski definition) is 4. The zero-order valence-corrected chi connectivity index (χ0v) is 17.4. The average Bonchev–Trinajstić information content (AvgIpc) is 3.20. The van der Waals surface area contributed by atoms with E-state index in [1.807, 2.05) is 48.5 Å². The number of benzene rings is 3. The van der Waals surface area contributed by atoms with E-state index in [1.165, 1.54) is 5.56 Å². The Kier molecular flexibility index (Phi) is 4.93. The summed E-state index contributed by atoms with van der Waals surface area (Å²) in [5.74, 6) is -0.107. The van der Waals surface area contributed by atoms with Crippen molar-refractivity contribution in [1.29, 1.82) is 0 Å². The van der Waals surface area contributed by atoms with Crippen LogP contribution in [-0.4, -0.2) is 11.0 Å². The number of ether oxygens (including phenoxy) is 1. The van der Waals surface area contributed by atoms with E-state index in [2.05, 4.69) is 48.3 Å². The zero-order chi connectivity index (χ0) is 20.5. The molecular weight excluding hydrogens is 390 g/mol. The Bertz CT molecular complexity index is 1170. The Hall–Kier alpha value is -3.24. The van der Waals surface area contributed by atoms with Gasteiger partial charge in [-0.15, -0.1) is 11.3 Å². The maximum atomic E-state index is 13.1. The molecular formula is C26H21NO2S. The predicted molar refractivity (Wildman–Crippen MR) is 120 cm³/mol. The van der Waals surface area contributed by atoms with Crippen LogP contribution in [0.25, 0.3) is 10.6 Å². The number of carbonyl (C=O) groups is 1. The van der Waals surface area contributed by atoms with Crippen molar-refractivity contribution in [2.45, 2.75) is 19.3 Å². The molecule has 0 fully saturated rings. The van der Waals surface area contributed by atoms with Crippen LogP contribution in [0.2, 0.25) is 0 Å². The van der Waals surface area contributed by atoms with Crippen LogP contribution in [-0.2, 0) is 11.2 Å². The summed E-state index contributed by atoms with van der Waals surface area (Å²) in [5, 5.41) is 0.880. The lowest BCUT2D eigenvalue weighted by molar-refractivity contribution is -0.140. The third kappa shape index (κ3) is 3.55. The van der Waals surface area contributed by atoms with E-state index >= 15 is 0 Å². The molecule has 1 aliphatic heterocycles. The molecule has 0 unspecified atom stereocenters. The highest BCUT2D eigenvalue weighted by molar-refractivity contribution is 7.15. The number of aryl methyl sites for hydroxylation is 1. The minimum absolute atomic E-state index is 0.0722. The first-order valence-corrected chi connectivity index (χ1v) is 10.9. The highest BCUT2D eigenvalue weighted by Crippen LogP contribution is 2.47. The lowest BCUT2D eigenvalue weighted by atomic mass is 9.80. The van der Waals surface area contributed by atoms with Gasteiger partial charge >= 0.3 is 5.97 Å². The maximum absolute atomic E-state index is 13.1. The third-order valence-corrected chi connectivity index (χ3v) is 6.73. The van der Waals surface area contributed by atoms with Gasteiger partial charge in [-0.05, 0) is 24.5 Å². The van der Waals surface area contributed by atoms with E-state index < -0.39 is 0 Å². The molecule has 30 heavy (non-hydrogen) atoms. The number of aromatic nitrogens is 1. The summed E-state index contributed by atoms with van der Waals surface area (Å²) in [4.78, 5) is 18.8. The predicted octanol–water partition coefficient (Wildman–Crippen LogP) is 6.03. The summed E-state index contributed by atoms with van der Waals surface area (Å²) in [6.45, 7) is 2.08. The number of hydrogen-bond donors (Lipinski definition) is 0. The van der Waals surface area contributed by atoms with E-state index in [0.29, 0.717) is 12.3 Å². The van der Waals surface area contributed by atoms with Crippen LogP contribution in [0.5, 0.6) is 5.88 Å². The van der Waals surface area contributed by atoms with Crippen LogP contribution in [0.4, 0.5) is 0 Å². The van der Waals surface area contributed by atoms with Gasteiger partial charge in [0.05, 0.1) is 10.8 Å². The van der Waals surface area contributed by atoms with Crippen molar-refractivity contribution in [2.75, 3.05) is 0 Å². The molecule has 0 N–H and O–H groups in total. The second-order valence-electron chi connectivity index (χ2n) is 7.66. The number of esters is 1. The number of carbonyl (C=O) groups excluding carboxylic acids is 1. The normalized spacial score (nSPS) is 18.0. The monoisotopic (exact) mass is 411 g/mol. The van der Waals surface area contributed by atoms with Crippen LogP contribution >= 0.6 is 11.3 Å². The van der Waals surface area contributed by atoms with Crippen LogP contribution in [0.1, 0.15) is 27.5 Å². The molecule has 1 aromatic heterocycles. The Morgan fingerprint density at radius 1 is 0.900 bits per heavy atom. The summed E-state index contributed by atoms with van der Waals surface area (Å²) in [5.41, 5.74) is 4.50. The standard InChI is InChI=1S/C26H21NO2S/c1-17-12-14-19(15-13-17)22-21(16-18-8-4-2-5-9-18)26(28)29-24-23(22)30-25(27-24)20-10-6-3-7-11-20/h2-15,21-22H,16H2,1H3/t21-,22+/m0/s1. The molecule has 4 heteroatoms. The van der Waals surface area contributed by atoms with E-state index in [-0.39, 0.29) is 17.8 Å². The second kappa shape index (κ2) is 7.88. The molecule has 5 rings (SSSR count). The van der Waals surface area contributed by atoms with Crippen molar-refractivity contribution in [1.82, 2.24) is 4.98 Å². The second-order valence-corrected chi connectivity index (χ2v) is 8.69. The molecule has 3 nitrogen and oxygen atoms in total. The molecule has 0 saturated heterocycles. The largest absolute Gasteiger partial charge is 0.406 e. The molecule has 0 amide bonds. The minimum atomic E-state index is -0.285. The molecule has 4 aromatic rings. The minimum Gasteiger partial charge on any atom is -0.406 e. The van der Waals surface area contributed by atoms with Gasteiger partial charge in [0.15, 0.2) is 0 Å². The molecule has 3 aromatic carbocycles. The first kappa shape index (κ1) is 18.8. The van der Waals surface area contributed by atoms with Gasteiger partial charge < -0.3 is 4.74 Å². The van der Waals surface area contributed by atoms with Gasteiger partial charge in [-0.1, -0.05) is 90.5 Å². The van der Waals surface area contributed by atoms with Crippen molar-refractivity contribution in [2.24, 2.45) is 5.92 Å². The molecule has 0 radical (unpaired) electrons. The number of thiazole rings is 1. The molecule has 0 saturated carbocycles. The van der Waals surface area contributed by atoms with E-state index in [1.54, 1.807) is 11.3 Å². The first-order chi connectivity index (χ1) is 14.7. The lowest BCUT2D eigenvalue weighted by Crippen LogP contribution is -2.33. The summed E-state index contributed by atoms with van der Waals surface area (Å²) >= 11 is 1.62. The topological polar surface area (TPSA) is 39.2 Å². The Morgan fingerprint density at radius 2 is 1.57 bits per heavy atom. The molecule has 148 valence electrons. The molecule has 1 aliphatic rings. The van der Waals surface area contributed by atoms with Gasteiger partial charge in [-0.3, -0.25) is 4.79 Å². The van der Waals surface area contributed by atoms with Crippen molar-refractivity contribution in [3.05, 3.63) is 106 Å². The van der Waals surface area contributed by atoms with Crippen LogP contribution < -0.4 is 4.74 Å². The highest BCUT2D eigenvalue weighted by Gasteiger charge is 2.41. The molecule has 0 spiro atoms. The fourth-order valence-electron chi connectivity index (χ4n) is 4.01. The van der Waals surface area contributed by atoms with Gasteiger partial charge in [0.1, 0.15) is 5.01 Å². The van der Waals surface area contributed by atoms with Gasteiger partial charge in [-0.2, -0.15) is 0 Å². The summed E-state index contributed by atoms with van der Waals surface area (Å²) < 4.78 is 5.75. The Balaban J connectivity index is 1.61. The zero-order valence-electron chi connectivity index (χ0n) is 16.6. The van der Waals surface area contributed by atoms with Crippen LogP contribution in [0.3, 0.4) is 0 Å². The quantitative estimate of drug-likeness (QED) is 0.385. The number of rotatable bonds is 4. The van der Waals surface area contributed by atoms with E-state index in [0.717, 1.165) is 26.6 Å². The first-order valence-electron chi connectivity index (χ1n) is 10.1. The molecule has 2 heterocycles. The van der Waals surface area contributed by atoms with Crippen molar-refractivity contribution >= 4 is 17.3 Å². The van der Waals surface area contributed by atoms with Crippen molar-refractivity contribution < 1.29 is 9.53 Å². The van der Waals surface area contributed by atoms with Gasteiger partial charge in [-0.25, -0.2) is 4.98 Å². The van der Waals surface area contributed by atoms with Gasteiger partial charge in [0.2, 0.25) is 5.88 Å². The van der Waals surface area contributed by atoms with Gasteiger partial charge in [0, 0.05) is 11.5 Å². The fraction of sp³-hybridized carbons (Fsp3) is 0.154. The van der Waals surface area contributed by atoms with Crippen LogP contribution in [0, 0.1) is 12.8 Å². The summed E-state index contributed by atoms with van der Waals surface area (Å²) in [6.07, 6.45) is 0.635. The fourth-order valence-corrected chi connectivity index (χ4v) is 5.20. The average molecular weight is 412 g/mol. The SMILES string of the molecule is Cc1ccc([C@H]2c3sc(-c4ccccc4)nc3OC(=O)[C@H]2Cc2ccccc2)cc1. The highest BCUT2D eigenvalue weighted by atomic mass is 32.1. The Morgan fingerprint density at radius 3 is 2.27 bits per heavy atom. The maximum Gasteiger partial charge on any atom is 0.317 e. The van der Waals surface area contributed by atoms with E-state index in [4.69, 9.17) is 4.74 Å². The summed E-state index contributed by atoms with van der Waals surface area (Å²) in [6, 6.07) is 28.7. The van der Waals surface area contributed by atoms with Gasteiger partial charge in [0.25, 0.3) is 0 Å². The summed E-state index contributed by atoms with van der Waals surface area (Å²) in [7, 11) is 0. The van der Waals surface area contributed by atoms with Crippen molar-refractivity contribution in [3.8, 4) is 16.5 Å². The van der Waals surface area contributed by atoms with E-state index in [9.17, 15) is 4.79 Å². The molecule has 0 bridgehead atoms. The third-order valence-electron chi connectivity index (χ3n) is 5.56. The molecule has 0 aliphatic carbocycles. The smallest absolute Gasteiger partial charge is 0.317 e. The van der Waals surface area contributed by atoms with Crippen molar-refractivity contribution in [3.63, 3.8) is 0 Å². The number of fused-ring (bicyclic) bond motifs is 1. The molecule has 2 atom stereocenters. The van der Waals surface area contributed by atoms with Crippen LogP contribution in [0.15, 0.2) is 84.9 Å². The Labute approximate surface area is 180 Å².